The molecular formula is C33H48O4Si. The molecule has 0 amide bonds. The minimum atomic E-state index is -2.93. The number of carboxylic acids is 1. The molecule has 0 aliphatic heterocycles. The van der Waals surface area contributed by atoms with Crippen LogP contribution in [0.15, 0.2) is 72.8 Å². The van der Waals surface area contributed by atoms with Crippen LogP contribution in [-0.4, -0.2) is 31.3 Å². The second-order valence-electron chi connectivity index (χ2n) is 11.3. The van der Waals surface area contributed by atoms with E-state index in [1.807, 2.05) is 36.4 Å². The van der Waals surface area contributed by atoms with Gasteiger partial charge in [-0.15, -0.1) is 0 Å². The molecule has 0 bridgehead atoms. The van der Waals surface area contributed by atoms with Gasteiger partial charge in [0.05, 0.1) is 0 Å². The van der Waals surface area contributed by atoms with Crippen LogP contribution in [0.25, 0.3) is 0 Å². The van der Waals surface area contributed by atoms with Gasteiger partial charge in [-0.2, -0.15) is 0 Å². The number of carbonyl (C=O) groups excluding carboxylic acids is 1. The van der Waals surface area contributed by atoms with Gasteiger partial charge in [0.25, 0.3) is 8.32 Å². The van der Waals surface area contributed by atoms with Crippen LogP contribution in [0.2, 0.25) is 5.04 Å². The highest BCUT2D eigenvalue weighted by Crippen LogP contribution is 2.38. The molecule has 0 radical (unpaired) electrons. The quantitative estimate of drug-likeness (QED) is 0.122. The van der Waals surface area contributed by atoms with E-state index in [9.17, 15) is 9.59 Å². The van der Waals surface area contributed by atoms with Gasteiger partial charge in [0.1, 0.15) is 6.10 Å². The maximum Gasteiger partial charge on any atom is 0.328 e. The van der Waals surface area contributed by atoms with E-state index >= 15 is 0 Å². The molecule has 1 atom stereocenters. The number of rotatable bonds is 18. The van der Waals surface area contributed by atoms with Gasteiger partial charge >= 0.3 is 5.97 Å². The zero-order valence-electron chi connectivity index (χ0n) is 24.0. The largest absolute Gasteiger partial charge is 0.478 e. The molecule has 0 unspecified atom stereocenters. The third kappa shape index (κ3) is 9.67. The lowest BCUT2D eigenvalue weighted by Crippen LogP contribution is -2.68. The molecule has 0 saturated carbocycles. The van der Waals surface area contributed by atoms with Crippen molar-refractivity contribution in [3.05, 3.63) is 72.8 Å². The fourth-order valence-corrected chi connectivity index (χ4v) is 9.92. The SMILES string of the molecule is CCCCCCCCCCCC[C@@H](O[Si](c1ccccc1)(c1ccccc1)C(C)(C)C)C(=O)/C=C\C(=O)O. The molecule has 0 heterocycles. The zero-order chi connectivity index (χ0) is 27.9. The average Bonchev–Trinajstić information content (AvgIpc) is 2.90. The summed E-state index contributed by atoms with van der Waals surface area (Å²) in [7, 11) is -2.93. The summed E-state index contributed by atoms with van der Waals surface area (Å²) in [5, 5.41) is 11.1. The molecule has 1 N–H and O–H groups in total. The number of benzene rings is 2. The maximum atomic E-state index is 13.4. The molecule has 38 heavy (non-hydrogen) atoms. The highest BCUT2D eigenvalue weighted by Gasteiger charge is 2.52. The minimum absolute atomic E-state index is 0.261. The lowest BCUT2D eigenvalue weighted by molar-refractivity contribution is -0.132. The smallest absolute Gasteiger partial charge is 0.328 e. The second-order valence-corrected chi connectivity index (χ2v) is 15.6. The maximum absolute atomic E-state index is 13.4. The third-order valence-electron chi connectivity index (χ3n) is 7.26. The van der Waals surface area contributed by atoms with Crippen molar-refractivity contribution >= 4 is 30.4 Å². The molecule has 2 rings (SSSR count). The van der Waals surface area contributed by atoms with Crippen molar-refractivity contribution in [2.24, 2.45) is 0 Å². The fourth-order valence-electron chi connectivity index (χ4n) is 5.24. The van der Waals surface area contributed by atoms with Crippen LogP contribution >= 0.6 is 0 Å². The number of aliphatic carboxylic acids is 1. The normalized spacial score (nSPS) is 13.1. The summed E-state index contributed by atoms with van der Waals surface area (Å²) in [5.74, 6) is -1.39. The van der Waals surface area contributed by atoms with E-state index in [0.717, 1.165) is 35.7 Å². The van der Waals surface area contributed by atoms with Crippen LogP contribution in [0.5, 0.6) is 0 Å². The second kappa shape index (κ2) is 16.5. The first kappa shape index (κ1) is 31.7. The highest BCUT2D eigenvalue weighted by molar-refractivity contribution is 6.99. The molecule has 0 saturated heterocycles. The van der Waals surface area contributed by atoms with Gasteiger partial charge < -0.3 is 9.53 Å². The van der Waals surface area contributed by atoms with Crippen LogP contribution < -0.4 is 10.4 Å². The first-order valence-corrected chi connectivity index (χ1v) is 16.4. The van der Waals surface area contributed by atoms with Crippen molar-refractivity contribution < 1.29 is 19.1 Å². The molecule has 0 fully saturated rings. The molecule has 2 aromatic rings. The van der Waals surface area contributed by atoms with E-state index in [4.69, 9.17) is 9.53 Å². The number of unbranched alkanes of at least 4 members (excludes halogenated alkanes) is 9. The summed E-state index contributed by atoms with van der Waals surface area (Å²) in [5.41, 5.74) is 0. The van der Waals surface area contributed by atoms with Gasteiger partial charge in [0, 0.05) is 6.08 Å². The van der Waals surface area contributed by atoms with E-state index < -0.39 is 20.4 Å². The molecular weight excluding hydrogens is 488 g/mol. The van der Waals surface area contributed by atoms with Gasteiger partial charge in [0.2, 0.25) is 0 Å². The summed E-state index contributed by atoms with van der Waals surface area (Å²) in [4.78, 5) is 24.5. The van der Waals surface area contributed by atoms with E-state index in [0.29, 0.717) is 6.42 Å². The molecule has 0 aromatic heterocycles. The van der Waals surface area contributed by atoms with Gasteiger partial charge in [-0.3, -0.25) is 4.79 Å². The Labute approximate surface area is 231 Å². The molecule has 0 aliphatic carbocycles. The molecule has 0 aliphatic rings. The molecule has 0 spiro atoms. The van der Waals surface area contributed by atoms with Crippen molar-refractivity contribution in [2.45, 2.75) is 109 Å². The van der Waals surface area contributed by atoms with Crippen LogP contribution in [0.3, 0.4) is 0 Å². The molecule has 5 heteroatoms. The van der Waals surface area contributed by atoms with E-state index in [1.165, 1.54) is 51.0 Å². The highest BCUT2D eigenvalue weighted by atomic mass is 28.4. The fraction of sp³-hybridized carbons (Fsp3) is 0.515. The van der Waals surface area contributed by atoms with E-state index in [2.05, 4.69) is 52.0 Å². The Hall–Kier alpha value is -2.50. The van der Waals surface area contributed by atoms with Crippen LogP contribution in [0.4, 0.5) is 0 Å². The number of hydrogen-bond donors (Lipinski definition) is 1. The topological polar surface area (TPSA) is 63.6 Å². The summed E-state index contributed by atoms with van der Waals surface area (Å²) in [6, 6.07) is 20.5. The van der Waals surface area contributed by atoms with Gasteiger partial charge in [-0.05, 0) is 27.9 Å². The van der Waals surface area contributed by atoms with Crippen LogP contribution in [0.1, 0.15) is 98.3 Å². The Morgan fingerprint density at radius 1 is 0.763 bits per heavy atom. The Kier molecular flexibility index (Phi) is 13.7. The summed E-state index contributed by atoms with van der Waals surface area (Å²) >= 11 is 0. The Bertz CT molecular complexity index is 940. The predicted molar refractivity (Wildman–Crippen MR) is 161 cm³/mol. The number of carbonyl (C=O) groups is 2. The van der Waals surface area contributed by atoms with Gasteiger partial charge in [-0.25, -0.2) is 4.79 Å². The first-order valence-electron chi connectivity index (χ1n) is 14.5. The van der Waals surface area contributed by atoms with Gasteiger partial charge in [-0.1, -0.05) is 153 Å². The number of carboxylic acid groups (broad SMARTS) is 1. The zero-order valence-corrected chi connectivity index (χ0v) is 25.0. The first-order chi connectivity index (χ1) is 18.2. The van der Waals surface area contributed by atoms with Gasteiger partial charge in [0.15, 0.2) is 5.78 Å². The third-order valence-corrected chi connectivity index (χ3v) is 12.3. The monoisotopic (exact) mass is 536 g/mol. The van der Waals surface area contributed by atoms with Crippen molar-refractivity contribution in [3.8, 4) is 0 Å². The van der Waals surface area contributed by atoms with E-state index in [1.54, 1.807) is 0 Å². The standard InChI is InChI=1S/C33H48O4Si/c1-5-6-7-8-9-10-11-12-13-20-25-31(30(34)26-27-32(35)36)37-38(33(2,3)4,28-21-16-14-17-22-28)29-23-18-15-19-24-29/h14-19,21-24,26-27,31H,5-13,20,25H2,1-4H3,(H,35,36)/b27-26-/t31-/m1/s1. The summed E-state index contributed by atoms with van der Waals surface area (Å²) in [6.07, 6.45) is 14.2. The average molecular weight is 537 g/mol. The number of hydrogen-bond acceptors (Lipinski definition) is 3. The van der Waals surface area contributed by atoms with Crippen LogP contribution in [-0.2, 0) is 14.0 Å². The molecule has 4 nitrogen and oxygen atoms in total. The lowest BCUT2D eigenvalue weighted by Gasteiger charge is -2.44. The summed E-state index contributed by atoms with van der Waals surface area (Å²) < 4.78 is 7.10. The Balaban J connectivity index is 2.25. The molecule has 208 valence electrons. The number of ketones is 1. The molecule has 2 aromatic carbocycles. The van der Waals surface area contributed by atoms with E-state index in [-0.39, 0.29) is 10.8 Å². The van der Waals surface area contributed by atoms with Crippen molar-refractivity contribution in [3.63, 3.8) is 0 Å². The Morgan fingerprint density at radius 2 is 1.21 bits per heavy atom. The minimum Gasteiger partial charge on any atom is -0.478 e. The predicted octanol–water partition coefficient (Wildman–Crippen LogP) is 7.45. The van der Waals surface area contributed by atoms with Crippen molar-refractivity contribution in [1.29, 1.82) is 0 Å². The lowest BCUT2D eigenvalue weighted by atomic mass is 10.0. The summed E-state index contributed by atoms with van der Waals surface area (Å²) in [6.45, 7) is 8.81. The van der Waals surface area contributed by atoms with Crippen LogP contribution in [0, 0.1) is 0 Å². The van der Waals surface area contributed by atoms with Crippen molar-refractivity contribution in [2.75, 3.05) is 0 Å². The van der Waals surface area contributed by atoms with Crippen molar-refractivity contribution in [1.82, 2.24) is 0 Å². The Morgan fingerprint density at radius 3 is 1.63 bits per heavy atom.